The van der Waals surface area contributed by atoms with Gasteiger partial charge in [-0.1, -0.05) is 12.2 Å². The normalized spacial score (nSPS) is 21.5. The summed E-state index contributed by atoms with van der Waals surface area (Å²) < 4.78 is 5.49. The summed E-state index contributed by atoms with van der Waals surface area (Å²) in [5.74, 6) is 0. The second-order valence-corrected chi connectivity index (χ2v) is 2.90. The molecular formula is C9H16O. The lowest BCUT2D eigenvalue weighted by atomic mass is 9.94. The second-order valence-electron chi connectivity index (χ2n) is 2.90. The van der Waals surface area contributed by atoms with E-state index in [2.05, 4.69) is 13.5 Å². The highest BCUT2D eigenvalue weighted by molar-refractivity contribution is 4.98. The third kappa shape index (κ3) is 2.14. The van der Waals surface area contributed by atoms with Gasteiger partial charge in [-0.05, 0) is 32.6 Å². The molecule has 0 atom stereocenters. The molecule has 0 bridgehead atoms. The Morgan fingerprint density at radius 3 is 2.60 bits per heavy atom. The summed E-state index contributed by atoms with van der Waals surface area (Å²) in [7, 11) is 0. The number of hydrogen-bond acceptors (Lipinski definition) is 1. The van der Waals surface area contributed by atoms with Crippen LogP contribution in [-0.4, -0.2) is 12.7 Å². The van der Waals surface area contributed by atoms with Gasteiger partial charge >= 0.3 is 0 Å². The van der Waals surface area contributed by atoms with E-state index in [4.69, 9.17) is 4.74 Å². The van der Waals surface area contributed by atoms with E-state index in [1.54, 1.807) is 0 Å². The van der Waals surface area contributed by atoms with Gasteiger partial charge in [0.2, 0.25) is 0 Å². The largest absolute Gasteiger partial charge is 0.378 e. The zero-order valence-corrected chi connectivity index (χ0v) is 6.73. The number of ether oxygens (including phenoxy) is 1. The Balaban J connectivity index is 2.19. The summed E-state index contributed by atoms with van der Waals surface area (Å²) in [6.45, 7) is 6.87. The van der Waals surface area contributed by atoms with Crippen molar-refractivity contribution in [1.82, 2.24) is 0 Å². The quantitative estimate of drug-likeness (QED) is 0.535. The van der Waals surface area contributed by atoms with Crippen molar-refractivity contribution in [2.24, 2.45) is 0 Å². The van der Waals surface area contributed by atoms with Crippen molar-refractivity contribution in [3.8, 4) is 0 Å². The second kappa shape index (κ2) is 3.77. The van der Waals surface area contributed by atoms with Gasteiger partial charge in [-0.15, -0.1) is 0 Å². The number of hydrogen-bond donors (Lipinski definition) is 0. The average Bonchev–Trinajstić information content (AvgIpc) is 1.95. The zero-order valence-electron chi connectivity index (χ0n) is 6.73. The van der Waals surface area contributed by atoms with E-state index in [1.807, 2.05) is 0 Å². The van der Waals surface area contributed by atoms with Crippen LogP contribution in [0.3, 0.4) is 0 Å². The summed E-state index contributed by atoms with van der Waals surface area (Å²) in [6, 6.07) is 0. The van der Waals surface area contributed by atoms with E-state index in [0.717, 1.165) is 6.61 Å². The number of allylic oxidation sites excluding steroid dienone is 1. The maximum absolute atomic E-state index is 5.49. The molecule has 1 nitrogen and oxygen atoms in total. The molecule has 10 heavy (non-hydrogen) atoms. The third-order valence-corrected chi connectivity index (χ3v) is 2.04. The first-order valence-electron chi connectivity index (χ1n) is 4.11. The van der Waals surface area contributed by atoms with Crippen molar-refractivity contribution in [2.45, 2.75) is 38.7 Å². The summed E-state index contributed by atoms with van der Waals surface area (Å²) >= 11 is 0. The van der Waals surface area contributed by atoms with Gasteiger partial charge in [-0.3, -0.25) is 0 Å². The minimum Gasteiger partial charge on any atom is -0.378 e. The molecule has 1 fully saturated rings. The molecule has 58 valence electrons. The van der Waals surface area contributed by atoms with E-state index in [9.17, 15) is 0 Å². The first-order chi connectivity index (χ1) is 4.83. The molecule has 0 aromatic heterocycles. The summed E-state index contributed by atoms with van der Waals surface area (Å²) in [4.78, 5) is 0. The van der Waals surface area contributed by atoms with Gasteiger partial charge in [0.25, 0.3) is 0 Å². The van der Waals surface area contributed by atoms with Crippen LogP contribution < -0.4 is 0 Å². The fourth-order valence-electron chi connectivity index (χ4n) is 1.40. The Morgan fingerprint density at radius 2 is 2.10 bits per heavy atom. The highest BCUT2D eigenvalue weighted by Crippen LogP contribution is 2.23. The van der Waals surface area contributed by atoms with Crippen LogP contribution in [0.25, 0.3) is 0 Å². The Morgan fingerprint density at radius 1 is 1.50 bits per heavy atom. The van der Waals surface area contributed by atoms with Crippen LogP contribution in [0.1, 0.15) is 32.6 Å². The molecule has 0 radical (unpaired) electrons. The van der Waals surface area contributed by atoms with Crippen molar-refractivity contribution >= 4 is 0 Å². The van der Waals surface area contributed by atoms with E-state index in [1.165, 1.54) is 31.3 Å². The first kappa shape index (κ1) is 7.80. The van der Waals surface area contributed by atoms with E-state index >= 15 is 0 Å². The van der Waals surface area contributed by atoms with Crippen molar-refractivity contribution in [1.29, 1.82) is 0 Å². The fraction of sp³-hybridized carbons (Fsp3) is 0.778. The van der Waals surface area contributed by atoms with Crippen LogP contribution >= 0.6 is 0 Å². The van der Waals surface area contributed by atoms with Crippen molar-refractivity contribution in [2.75, 3.05) is 6.61 Å². The molecule has 0 heterocycles. The van der Waals surface area contributed by atoms with Gasteiger partial charge in [-0.25, -0.2) is 0 Å². The molecule has 1 rings (SSSR count). The van der Waals surface area contributed by atoms with Crippen LogP contribution in [0.15, 0.2) is 12.2 Å². The smallest absolute Gasteiger partial charge is 0.0581 e. The predicted molar refractivity (Wildman–Crippen MR) is 43.0 cm³/mol. The van der Waals surface area contributed by atoms with Crippen molar-refractivity contribution < 1.29 is 4.74 Å². The summed E-state index contributed by atoms with van der Waals surface area (Å²) in [5, 5.41) is 0. The predicted octanol–water partition coefficient (Wildman–Crippen LogP) is 2.52. The molecule has 1 aliphatic carbocycles. The molecule has 0 unspecified atom stereocenters. The summed E-state index contributed by atoms with van der Waals surface area (Å²) in [6.07, 6.45) is 5.24. The van der Waals surface area contributed by atoms with E-state index < -0.39 is 0 Å². The topological polar surface area (TPSA) is 9.23 Å². The van der Waals surface area contributed by atoms with E-state index in [-0.39, 0.29) is 0 Å². The Kier molecular flexibility index (Phi) is 2.94. The van der Waals surface area contributed by atoms with Gasteiger partial charge in [0.05, 0.1) is 6.10 Å². The maximum atomic E-state index is 5.49. The minimum absolute atomic E-state index is 0.524. The highest BCUT2D eigenvalue weighted by atomic mass is 16.5. The molecule has 1 aliphatic rings. The Hall–Kier alpha value is -0.300. The van der Waals surface area contributed by atoms with Crippen LogP contribution in [0, 0.1) is 0 Å². The van der Waals surface area contributed by atoms with Crippen LogP contribution in [-0.2, 0) is 4.74 Å². The monoisotopic (exact) mass is 140 g/mol. The molecule has 0 amide bonds. The maximum Gasteiger partial charge on any atom is 0.0581 e. The molecule has 0 saturated heterocycles. The van der Waals surface area contributed by atoms with Crippen LogP contribution in [0.5, 0.6) is 0 Å². The van der Waals surface area contributed by atoms with Crippen molar-refractivity contribution in [3.05, 3.63) is 12.2 Å². The van der Waals surface area contributed by atoms with Crippen molar-refractivity contribution in [3.63, 3.8) is 0 Å². The molecule has 0 aromatic carbocycles. The lowest BCUT2D eigenvalue weighted by molar-refractivity contribution is 0.0444. The zero-order chi connectivity index (χ0) is 7.40. The fourth-order valence-corrected chi connectivity index (χ4v) is 1.40. The van der Waals surface area contributed by atoms with Gasteiger partial charge in [-0.2, -0.15) is 0 Å². The lowest BCUT2D eigenvalue weighted by Gasteiger charge is -2.22. The molecule has 0 aromatic rings. The van der Waals surface area contributed by atoms with Gasteiger partial charge in [0.15, 0.2) is 0 Å². The summed E-state index contributed by atoms with van der Waals surface area (Å²) in [5.41, 5.74) is 1.40. The average molecular weight is 140 g/mol. The lowest BCUT2D eigenvalue weighted by Crippen LogP contribution is -2.17. The molecule has 0 aliphatic heterocycles. The Labute approximate surface area is 63.1 Å². The van der Waals surface area contributed by atoms with Gasteiger partial charge in [0.1, 0.15) is 0 Å². The van der Waals surface area contributed by atoms with E-state index in [0.29, 0.717) is 6.10 Å². The molecule has 1 saturated carbocycles. The first-order valence-corrected chi connectivity index (χ1v) is 4.11. The number of rotatable bonds is 2. The van der Waals surface area contributed by atoms with Gasteiger partial charge < -0.3 is 4.74 Å². The standard InChI is InChI=1S/C9H16O/c1-3-10-9-6-4-8(2)5-7-9/h9H,2-7H2,1H3. The minimum atomic E-state index is 0.524. The Bertz CT molecular complexity index is 108. The molecule has 0 N–H and O–H groups in total. The van der Waals surface area contributed by atoms with Crippen LogP contribution in [0.4, 0.5) is 0 Å². The molecular weight excluding hydrogens is 124 g/mol. The third-order valence-electron chi connectivity index (χ3n) is 2.04. The van der Waals surface area contributed by atoms with Gasteiger partial charge in [0, 0.05) is 6.61 Å². The molecule has 1 heteroatoms. The van der Waals surface area contributed by atoms with Crippen LogP contribution in [0.2, 0.25) is 0 Å². The highest BCUT2D eigenvalue weighted by Gasteiger charge is 2.14. The molecule has 0 spiro atoms. The SMILES string of the molecule is C=C1CCC(OCC)CC1.